The van der Waals surface area contributed by atoms with Crippen LogP contribution in [0.2, 0.25) is 0 Å². The van der Waals surface area contributed by atoms with Crippen molar-refractivity contribution in [3.8, 4) is 11.5 Å². The second kappa shape index (κ2) is 6.04. The average molecular weight is 415 g/mol. The number of imide groups is 1. The maximum absolute atomic E-state index is 12.6. The predicted molar refractivity (Wildman–Crippen MR) is 108 cm³/mol. The standard InChI is InChI=1S/C20H13N7O2S/c1-11-16(25-9-5-4-8-14(25)21-11)17-22-23-20-27(17)24-15(30-20)10-26-18(28)12-6-2-3-7-13(12)19(26)29/h2-9H,10H2,1H3. The van der Waals surface area contributed by atoms with E-state index in [0.717, 1.165) is 17.0 Å². The van der Waals surface area contributed by atoms with Crippen LogP contribution in [0.1, 0.15) is 31.4 Å². The van der Waals surface area contributed by atoms with E-state index in [1.807, 2.05) is 35.7 Å². The van der Waals surface area contributed by atoms with Gasteiger partial charge in [0.05, 0.1) is 23.4 Å². The fourth-order valence-corrected chi connectivity index (χ4v) is 4.59. The highest BCUT2D eigenvalue weighted by molar-refractivity contribution is 7.16. The van der Waals surface area contributed by atoms with Crippen molar-refractivity contribution >= 4 is 33.8 Å². The summed E-state index contributed by atoms with van der Waals surface area (Å²) in [5.41, 5.74) is 3.27. The Morgan fingerprint density at radius 3 is 2.47 bits per heavy atom. The van der Waals surface area contributed by atoms with Crippen LogP contribution in [-0.4, -0.2) is 45.9 Å². The highest BCUT2D eigenvalue weighted by atomic mass is 32.1. The molecule has 0 saturated carbocycles. The molecule has 6 rings (SSSR count). The topological polar surface area (TPSA) is 97.8 Å². The number of imidazole rings is 1. The largest absolute Gasteiger partial charge is 0.297 e. The molecule has 1 aliphatic rings. The molecule has 0 saturated heterocycles. The normalized spacial score (nSPS) is 13.7. The zero-order valence-electron chi connectivity index (χ0n) is 15.7. The Kier molecular flexibility index (Phi) is 3.42. The van der Waals surface area contributed by atoms with Crippen molar-refractivity contribution in [2.75, 3.05) is 0 Å². The number of rotatable bonds is 3. The summed E-state index contributed by atoms with van der Waals surface area (Å²) in [5.74, 6) is -0.0510. The van der Waals surface area contributed by atoms with Gasteiger partial charge in [-0.2, -0.15) is 9.61 Å². The highest BCUT2D eigenvalue weighted by Crippen LogP contribution is 2.28. The van der Waals surface area contributed by atoms with E-state index < -0.39 is 0 Å². The van der Waals surface area contributed by atoms with Gasteiger partial charge in [-0.3, -0.25) is 18.9 Å². The number of aryl methyl sites for hydroxylation is 1. The first-order valence-electron chi connectivity index (χ1n) is 9.22. The summed E-state index contributed by atoms with van der Waals surface area (Å²) in [4.78, 5) is 31.7. The van der Waals surface area contributed by atoms with Crippen LogP contribution in [0.3, 0.4) is 0 Å². The third kappa shape index (κ3) is 2.28. The number of nitrogens with zero attached hydrogens (tertiary/aromatic N) is 7. The molecule has 0 unspecified atom stereocenters. The average Bonchev–Trinajstić information content (AvgIpc) is 3.47. The van der Waals surface area contributed by atoms with E-state index in [1.54, 1.807) is 28.8 Å². The summed E-state index contributed by atoms with van der Waals surface area (Å²) in [5, 5.41) is 13.7. The van der Waals surface area contributed by atoms with Crippen molar-refractivity contribution < 1.29 is 9.59 Å². The summed E-state index contributed by atoms with van der Waals surface area (Å²) in [7, 11) is 0. The lowest BCUT2D eigenvalue weighted by Gasteiger charge is -2.10. The third-order valence-corrected chi connectivity index (χ3v) is 6.00. The molecule has 0 N–H and O–H groups in total. The van der Waals surface area contributed by atoms with Gasteiger partial charge in [0.15, 0.2) is 0 Å². The van der Waals surface area contributed by atoms with Gasteiger partial charge in [-0.15, -0.1) is 10.2 Å². The molecule has 30 heavy (non-hydrogen) atoms. The van der Waals surface area contributed by atoms with E-state index in [9.17, 15) is 9.59 Å². The smallest absolute Gasteiger partial charge is 0.261 e. The fourth-order valence-electron chi connectivity index (χ4n) is 3.77. The number of pyridine rings is 1. The molecule has 1 aromatic carbocycles. The molecule has 0 radical (unpaired) electrons. The van der Waals surface area contributed by atoms with Crippen LogP contribution in [-0.2, 0) is 6.54 Å². The lowest BCUT2D eigenvalue weighted by Crippen LogP contribution is -2.29. The molecule has 5 aromatic rings. The van der Waals surface area contributed by atoms with Crippen molar-refractivity contribution in [2.45, 2.75) is 13.5 Å². The van der Waals surface area contributed by atoms with Crippen molar-refractivity contribution in [3.63, 3.8) is 0 Å². The molecule has 1 aliphatic heterocycles. The van der Waals surface area contributed by atoms with Crippen molar-refractivity contribution in [1.29, 1.82) is 0 Å². The van der Waals surface area contributed by atoms with Gasteiger partial charge in [0, 0.05) is 6.20 Å². The van der Waals surface area contributed by atoms with E-state index in [4.69, 9.17) is 0 Å². The van der Waals surface area contributed by atoms with Crippen molar-refractivity contribution in [3.05, 3.63) is 70.5 Å². The number of carbonyl (C=O) groups excluding carboxylic acids is 2. The van der Waals surface area contributed by atoms with E-state index in [-0.39, 0.29) is 18.4 Å². The number of fused-ring (bicyclic) bond motifs is 3. The summed E-state index contributed by atoms with van der Waals surface area (Å²) in [6.45, 7) is 2.00. The zero-order valence-corrected chi connectivity index (χ0v) is 16.5. The molecule has 0 bridgehead atoms. The first-order valence-corrected chi connectivity index (χ1v) is 10.0. The number of hydrogen-bond donors (Lipinski definition) is 0. The summed E-state index contributed by atoms with van der Waals surface area (Å²) < 4.78 is 3.58. The van der Waals surface area contributed by atoms with E-state index in [0.29, 0.717) is 26.9 Å². The number of benzene rings is 1. The van der Waals surface area contributed by atoms with Gasteiger partial charge in [-0.1, -0.05) is 29.5 Å². The van der Waals surface area contributed by atoms with Gasteiger partial charge in [0.25, 0.3) is 11.8 Å². The Labute approximate surface area is 173 Å². The van der Waals surface area contributed by atoms with Crippen molar-refractivity contribution in [2.24, 2.45) is 0 Å². The van der Waals surface area contributed by atoms with Crippen LogP contribution < -0.4 is 0 Å². The lowest BCUT2D eigenvalue weighted by atomic mass is 10.1. The zero-order chi connectivity index (χ0) is 20.4. The van der Waals surface area contributed by atoms with Gasteiger partial charge in [0.2, 0.25) is 10.8 Å². The molecular formula is C20H13N7O2S. The molecule has 0 aliphatic carbocycles. The Morgan fingerprint density at radius 2 is 1.70 bits per heavy atom. The van der Waals surface area contributed by atoms with Crippen LogP contribution in [0.5, 0.6) is 0 Å². The second-order valence-corrected chi connectivity index (χ2v) is 7.97. The van der Waals surface area contributed by atoms with Crippen LogP contribution in [0, 0.1) is 6.92 Å². The second-order valence-electron chi connectivity index (χ2n) is 6.93. The molecular weight excluding hydrogens is 402 g/mol. The molecule has 4 aromatic heterocycles. The molecule has 9 nitrogen and oxygen atoms in total. The fraction of sp³-hybridized carbons (Fsp3) is 0.100. The molecule has 0 atom stereocenters. The minimum atomic E-state index is -0.306. The summed E-state index contributed by atoms with van der Waals surface area (Å²) in [6.07, 6.45) is 1.91. The molecule has 0 spiro atoms. The predicted octanol–water partition coefficient (Wildman–Crippen LogP) is 2.61. The Bertz CT molecular complexity index is 1460. The SMILES string of the molecule is Cc1nc2ccccn2c1-c1nnc2sc(CN3C(=O)c4ccccc4C3=O)nn12. The van der Waals surface area contributed by atoms with E-state index in [2.05, 4.69) is 20.3 Å². The summed E-state index contributed by atoms with van der Waals surface area (Å²) in [6, 6.07) is 12.6. The van der Waals surface area contributed by atoms with E-state index in [1.165, 1.54) is 16.2 Å². The van der Waals surface area contributed by atoms with Crippen LogP contribution >= 0.6 is 11.3 Å². The lowest BCUT2D eigenvalue weighted by molar-refractivity contribution is 0.0642. The van der Waals surface area contributed by atoms with Crippen molar-refractivity contribution in [1.82, 2.24) is 34.1 Å². The van der Waals surface area contributed by atoms with Gasteiger partial charge >= 0.3 is 0 Å². The first-order chi connectivity index (χ1) is 14.6. The van der Waals surface area contributed by atoms with E-state index >= 15 is 0 Å². The molecule has 146 valence electrons. The highest BCUT2D eigenvalue weighted by Gasteiger charge is 2.36. The van der Waals surface area contributed by atoms with Crippen LogP contribution in [0.4, 0.5) is 0 Å². The monoisotopic (exact) mass is 415 g/mol. The third-order valence-electron chi connectivity index (χ3n) is 5.12. The van der Waals surface area contributed by atoms with Gasteiger partial charge in [-0.05, 0) is 31.2 Å². The minimum absolute atomic E-state index is 0.0892. The van der Waals surface area contributed by atoms with Gasteiger partial charge < -0.3 is 0 Å². The number of aromatic nitrogens is 6. The van der Waals surface area contributed by atoms with Gasteiger partial charge in [-0.25, -0.2) is 4.98 Å². The maximum Gasteiger partial charge on any atom is 0.261 e. The number of carbonyl (C=O) groups is 2. The quantitative estimate of drug-likeness (QED) is 0.420. The minimum Gasteiger partial charge on any atom is -0.297 e. The molecule has 2 amide bonds. The number of hydrogen-bond acceptors (Lipinski definition) is 7. The number of amides is 2. The Balaban J connectivity index is 1.40. The Hall–Kier alpha value is -3.92. The Morgan fingerprint density at radius 1 is 0.967 bits per heavy atom. The first kappa shape index (κ1) is 17.0. The van der Waals surface area contributed by atoms with Crippen LogP contribution in [0.25, 0.3) is 22.1 Å². The van der Waals surface area contributed by atoms with Gasteiger partial charge in [0.1, 0.15) is 16.3 Å². The molecule has 0 fully saturated rings. The van der Waals surface area contributed by atoms with Crippen LogP contribution in [0.15, 0.2) is 48.7 Å². The molecule has 10 heteroatoms. The molecule has 5 heterocycles. The summed E-state index contributed by atoms with van der Waals surface area (Å²) >= 11 is 1.30. The maximum atomic E-state index is 12.6.